The van der Waals surface area contributed by atoms with E-state index in [1.54, 1.807) is 0 Å². The molecule has 2 aliphatic carbocycles. The van der Waals surface area contributed by atoms with Crippen molar-refractivity contribution >= 4 is 11.8 Å². The quantitative estimate of drug-likeness (QED) is 0.660. The molecule has 0 radical (unpaired) electrons. The first-order chi connectivity index (χ1) is 6.35. The monoisotopic (exact) mass is 199 g/mol. The van der Waals surface area contributed by atoms with E-state index in [1.807, 2.05) is 0 Å². The molecule has 0 aliphatic heterocycles. The molecular formula is C11H21NS. The predicted molar refractivity (Wildman–Crippen MR) is 60.3 cm³/mol. The zero-order chi connectivity index (χ0) is 9.15. The Kier molecular flexibility index (Phi) is 3.20. The normalized spacial score (nSPS) is 25.6. The van der Waals surface area contributed by atoms with Crippen LogP contribution in [-0.2, 0) is 0 Å². The summed E-state index contributed by atoms with van der Waals surface area (Å²) in [6.45, 7) is 2.51. The molecule has 0 aromatic heterocycles. The first-order valence-corrected chi connectivity index (χ1v) is 6.83. The summed E-state index contributed by atoms with van der Waals surface area (Å²) in [6, 6.07) is 0. The molecule has 1 nitrogen and oxygen atoms in total. The third-order valence-corrected chi connectivity index (χ3v) is 4.99. The van der Waals surface area contributed by atoms with Crippen molar-refractivity contribution in [1.29, 1.82) is 0 Å². The molecule has 0 atom stereocenters. The second kappa shape index (κ2) is 4.22. The summed E-state index contributed by atoms with van der Waals surface area (Å²) < 4.78 is 0.629. The third kappa shape index (κ3) is 2.63. The average molecular weight is 199 g/mol. The van der Waals surface area contributed by atoms with Crippen LogP contribution in [0.2, 0.25) is 0 Å². The molecule has 0 aromatic carbocycles. The van der Waals surface area contributed by atoms with Gasteiger partial charge in [-0.15, -0.1) is 0 Å². The van der Waals surface area contributed by atoms with Gasteiger partial charge in [0.25, 0.3) is 0 Å². The Labute approximate surface area is 86.0 Å². The van der Waals surface area contributed by atoms with E-state index >= 15 is 0 Å². The second-order valence-electron chi connectivity index (χ2n) is 4.65. The van der Waals surface area contributed by atoms with E-state index in [4.69, 9.17) is 0 Å². The minimum Gasteiger partial charge on any atom is -0.315 e. The molecule has 1 N–H and O–H groups in total. The molecule has 2 saturated carbocycles. The van der Waals surface area contributed by atoms with Crippen LogP contribution in [0.25, 0.3) is 0 Å². The van der Waals surface area contributed by atoms with Gasteiger partial charge in [0, 0.05) is 11.3 Å². The Balaban J connectivity index is 1.54. The van der Waals surface area contributed by atoms with Crippen LogP contribution < -0.4 is 5.32 Å². The van der Waals surface area contributed by atoms with Crippen molar-refractivity contribution < 1.29 is 0 Å². The molecule has 0 aromatic rings. The summed E-state index contributed by atoms with van der Waals surface area (Å²) >= 11 is 2.07. The molecule has 2 aliphatic rings. The van der Waals surface area contributed by atoms with Crippen molar-refractivity contribution in [3.05, 3.63) is 0 Å². The summed E-state index contributed by atoms with van der Waals surface area (Å²) in [5.41, 5.74) is 0. The molecule has 0 bridgehead atoms. The number of nitrogens with one attached hydrogen (secondary N) is 1. The minimum atomic E-state index is 0.629. The summed E-state index contributed by atoms with van der Waals surface area (Å²) in [5, 5.41) is 3.63. The lowest BCUT2D eigenvalue weighted by Crippen LogP contribution is -2.43. The minimum absolute atomic E-state index is 0.629. The van der Waals surface area contributed by atoms with E-state index < -0.39 is 0 Å². The fraction of sp³-hybridized carbons (Fsp3) is 1.00. The lowest BCUT2D eigenvalue weighted by molar-refractivity contribution is 0.344. The van der Waals surface area contributed by atoms with Gasteiger partial charge in [-0.05, 0) is 38.0 Å². The van der Waals surface area contributed by atoms with E-state index in [2.05, 4.69) is 23.3 Å². The maximum atomic E-state index is 3.63. The molecular weight excluding hydrogens is 178 g/mol. The van der Waals surface area contributed by atoms with Gasteiger partial charge in [-0.1, -0.05) is 19.3 Å². The first-order valence-electron chi connectivity index (χ1n) is 5.60. The van der Waals surface area contributed by atoms with Crippen molar-refractivity contribution in [2.75, 3.05) is 19.3 Å². The summed E-state index contributed by atoms with van der Waals surface area (Å²) in [6.07, 6.45) is 11.0. The fourth-order valence-electron chi connectivity index (χ4n) is 2.05. The van der Waals surface area contributed by atoms with Crippen LogP contribution in [0.5, 0.6) is 0 Å². The van der Waals surface area contributed by atoms with Crippen LogP contribution in [0, 0.1) is 5.92 Å². The second-order valence-corrected chi connectivity index (χ2v) is 5.92. The number of hydrogen-bond acceptors (Lipinski definition) is 2. The zero-order valence-electron chi connectivity index (χ0n) is 8.64. The van der Waals surface area contributed by atoms with Gasteiger partial charge in [-0.3, -0.25) is 0 Å². The van der Waals surface area contributed by atoms with Crippen LogP contribution in [-0.4, -0.2) is 24.1 Å². The van der Waals surface area contributed by atoms with Gasteiger partial charge < -0.3 is 5.32 Å². The van der Waals surface area contributed by atoms with Crippen LogP contribution >= 0.6 is 11.8 Å². The van der Waals surface area contributed by atoms with E-state index in [9.17, 15) is 0 Å². The van der Waals surface area contributed by atoms with Crippen molar-refractivity contribution in [3.8, 4) is 0 Å². The average Bonchev–Trinajstić information content (AvgIpc) is 2.86. The van der Waals surface area contributed by atoms with Gasteiger partial charge in [-0.2, -0.15) is 11.8 Å². The van der Waals surface area contributed by atoms with Crippen molar-refractivity contribution in [1.82, 2.24) is 5.32 Å². The topological polar surface area (TPSA) is 12.0 Å². The van der Waals surface area contributed by atoms with E-state index in [1.165, 1.54) is 51.6 Å². The smallest absolute Gasteiger partial charge is 0.0281 e. The van der Waals surface area contributed by atoms with Crippen molar-refractivity contribution in [3.63, 3.8) is 0 Å². The van der Waals surface area contributed by atoms with E-state index in [0.29, 0.717) is 4.75 Å². The lowest BCUT2D eigenvalue weighted by Gasteiger charge is -2.40. The summed E-state index contributed by atoms with van der Waals surface area (Å²) in [5.74, 6) is 1.08. The maximum absolute atomic E-state index is 3.63. The number of thioether (sulfide) groups is 1. The Bertz CT molecular complexity index is 156. The number of rotatable bonds is 6. The molecule has 2 fully saturated rings. The zero-order valence-corrected chi connectivity index (χ0v) is 9.46. The predicted octanol–water partition coefficient (Wildman–Crippen LogP) is 2.66. The van der Waals surface area contributed by atoms with Crippen LogP contribution in [0.15, 0.2) is 0 Å². The summed E-state index contributed by atoms with van der Waals surface area (Å²) in [4.78, 5) is 0. The molecule has 2 rings (SSSR count). The Morgan fingerprint density at radius 3 is 2.62 bits per heavy atom. The number of hydrogen-bond donors (Lipinski definition) is 1. The molecule has 0 saturated heterocycles. The third-order valence-electron chi connectivity index (χ3n) is 3.57. The highest BCUT2D eigenvalue weighted by Gasteiger charge is 2.35. The maximum Gasteiger partial charge on any atom is 0.0281 e. The lowest BCUT2D eigenvalue weighted by atomic mass is 9.84. The van der Waals surface area contributed by atoms with Gasteiger partial charge >= 0.3 is 0 Å². The van der Waals surface area contributed by atoms with Gasteiger partial charge in [0.2, 0.25) is 0 Å². The summed E-state index contributed by atoms with van der Waals surface area (Å²) in [7, 11) is 0. The van der Waals surface area contributed by atoms with Gasteiger partial charge in [0.05, 0.1) is 0 Å². The molecule has 0 spiro atoms. The molecule has 0 amide bonds. The van der Waals surface area contributed by atoms with Crippen LogP contribution in [0.4, 0.5) is 0 Å². The van der Waals surface area contributed by atoms with E-state index in [-0.39, 0.29) is 0 Å². The fourth-order valence-corrected chi connectivity index (χ4v) is 3.00. The highest BCUT2D eigenvalue weighted by atomic mass is 32.2. The van der Waals surface area contributed by atoms with Crippen LogP contribution in [0.1, 0.15) is 38.5 Å². The van der Waals surface area contributed by atoms with Crippen molar-refractivity contribution in [2.45, 2.75) is 43.3 Å². The molecule has 2 heteroatoms. The Hall–Kier alpha value is 0.310. The first kappa shape index (κ1) is 9.85. The van der Waals surface area contributed by atoms with Gasteiger partial charge in [0.15, 0.2) is 0 Å². The van der Waals surface area contributed by atoms with Gasteiger partial charge in [-0.25, -0.2) is 0 Å². The molecule has 76 valence electrons. The van der Waals surface area contributed by atoms with Crippen molar-refractivity contribution in [2.24, 2.45) is 5.92 Å². The largest absolute Gasteiger partial charge is 0.315 e. The SMILES string of the molecule is CSC1(CNCCC2CC2)CCC1. The Morgan fingerprint density at radius 2 is 2.15 bits per heavy atom. The van der Waals surface area contributed by atoms with Crippen LogP contribution in [0.3, 0.4) is 0 Å². The van der Waals surface area contributed by atoms with Gasteiger partial charge in [0.1, 0.15) is 0 Å². The Morgan fingerprint density at radius 1 is 1.38 bits per heavy atom. The molecule has 13 heavy (non-hydrogen) atoms. The molecule has 0 heterocycles. The highest BCUT2D eigenvalue weighted by molar-refractivity contribution is 8.00. The van der Waals surface area contributed by atoms with E-state index in [0.717, 1.165) is 5.92 Å². The highest BCUT2D eigenvalue weighted by Crippen LogP contribution is 2.42. The molecule has 0 unspecified atom stereocenters. The standard InChI is InChI=1S/C11H21NS/c1-13-11(6-2-7-11)9-12-8-5-10-3-4-10/h10,12H,2-9H2,1H3.